The van der Waals surface area contributed by atoms with Crippen molar-refractivity contribution in [2.75, 3.05) is 49.6 Å². The van der Waals surface area contributed by atoms with Gasteiger partial charge in [0.15, 0.2) is 0 Å². The van der Waals surface area contributed by atoms with Gasteiger partial charge in [0, 0.05) is 37.2 Å². The smallest absolute Gasteiger partial charge is 0.255 e. The Labute approximate surface area is 169 Å². The first-order valence-electron chi connectivity index (χ1n) is 9.20. The average molecular weight is 403 g/mol. The van der Waals surface area contributed by atoms with E-state index < -0.39 is 0 Å². The molecule has 1 fully saturated rings. The van der Waals surface area contributed by atoms with Crippen LogP contribution in [0.4, 0.5) is 11.4 Å². The normalized spacial score (nSPS) is 13.9. The van der Waals surface area contributed by atoms with Gasteiger partial charge < -0.3 is 19.9 Å². The molecule has 1 N–H and O–H groups in total. The molecule has 2 aromatic rings. The number of benzene rings is 1. The fraction of sp³-hybridized carbons (Fsp3) is 0.350. The second kappa shape index (κ2) is 9.52. The van der Waals surface area contributed by atoms with Gasteiger partial charge in [-0.15, -0.1) is 0 Å². The zero-order chi connectivity index (χ0) is 19.9. The minimum Gasteiger partial charge on any atom is -0.378 e. The summed E-state index contributed by atoms with van der Waals surface area (Å²) >= 11 is 5.76. The first kappa shape index (κ1) is 20.1. The highest BCUT2D eigenvalue weighted by molar-refractivity contribution is 6.29. The maximum Gasteiger partial charge on any atom is 0.255 e. The fourth-order valence-corrected chi connectivity index (χ4v) is 3.07. The molecule has 2 amide bonds. The second-order valence-electron chi connectivity index (χ2n) is 6.38. The van der Waals surface area contributed by atoms with Gasteiger partial charge in [0.05, 0.1) is 18.8 Å². The number of carbonyl (C=O) groups excluding carboxylic acids is 2. The highest BCUT2D eigenvalue weighted by atomic mass is 35.5. The molecule has 7 nitrogen and oxygen atoms in total. The molecule has 8 heteroatoms. The average Bonchev–Trinajstić information content (AvgIpc) is 2.73. The molecule has 0 unspecified atom stereocenters. The SMILES string of the molecule is CCN(CC(=O)Nc1ccc(N2CCOCC2)cc1)C(=O)c1ccc(Cl)nc1. The van der Waals surface area contributed by atoms with Gasteiger partial charge in [-0.05, 0) is 43.3 Å². The molecule has 0 radical (unpaired) electrons. The maximum atomic E-state index is 12.5. The van der Waals surface area contributed by atoms with Gasteiger partial charge in [0.25, 0.3) is 5.91 Å². The fourth-order valence-electron chi connectivity index (χ4n) is 2.96. The molecule has 0 saturated carbocycles. The van der Waals surface area contributed by atoms with Crippen molar-refractivity contribution in [1.29, 1.82) is 0 Å². The van der Waals surface area contributed by atoms with Crippen molar-refractivity contribution < 1.29 is 14.3 Å². The Bertz CT molecular complexity index is 805. The van der Waals surface area contributed by atoms with Crippen molar-refractivity contribution in [3.8, 4) is 0 Å². The molecule has 0 bridgehead atoms. The summed E-state index contributed by atoms with van der Waals surface area (Å²) in [6.07, 6.45) is 1.41. The van der Waals surface area contributed by atoms with Gasteiger partial charge in [-0.2, -0.15) is 0 Å². The third-order valence-electron chi connectivity index (χ3n) is 4.51. The molecule has 1 saturated heterocycles. The third kappa shape index (κ3) is 5.21. The topological polar surface area (TPSA) is 74.8 Å². The highest BCUT2D eigenvalue weighted by Crippen LogP contribution is 2.19. The predicted molar refractivity (Wildman–Crippen MR) is 109 cm³/mol. The number of hydrogen-bond acceptors (Lipinski definition) is 5. The molecule has 1 aliphatic rings. The number of amides is 2. The van der Waals surface area contributed by atoms with Crippen LogP contribution in [0.2, 0.25) is 5.15 Å². The number of hydrogen-bond donors (Lipinski definition) is 1. The van der Waals surface area contributed by atoms with E-state index in [1.807, 2.05) is 31.2 Å². The van der Waals surface area contributed by atoms with Crippen LogP contribution < -0.4 is 10.2 Å². The van der Waals surface area contributed by atoms with Gasteiger partial charge in [-0.3, -0.25) is 9.59 Å². The molecular weight excluding hydrogens is 380 g/mol. The zero-order valence-electron chi connectivity index (χ0n) is 15.7. The van der Waals surface area contributed by atoms with E-state index in [0.717, 1.165) is 32.0 Å². The highest BCUT2D eigenvalue weighted by Gasteiger charge is 2.18. The Morgan fingerprint density at radius 3 is 2.50 bits per heavy atom. The first-order chi connectivity index (χ1) is 13.6. The number of nitrogens with zero attached hydrogens (tertiary/aromatic N) is 3. The van der Waals surface area contributed by atoms with Crippen molar-refractivity contribution in [3.05, 3.63) is 53.3 Å². The van der Waals surface area contributed by atoms with Gasteiger partial charge in [-0.25, -0.2) is 4.98 Å². The van der Waals surface area contributed by atoms with E-state index in [1.165, 1.54) is 11.1 Å². The number of morpholine rings is 1. The van der Waals surface area contributed by atoms with Crippen LogP contribution in [0.3, 0.4) is 0 Å². The number of rotatable bonds is 6. The van der Waals surface area contributed by atoms with E-state index in [9.17, 15) is 9.59 Å². The Morgan fingerprint density at radius 2 is 1.89 bits per heavy atom. The van der Waals surface area contributed by atoms with E-state index >= 15 is 0 Å². The lowest BCUT2D eigenvalue weighted by Crippen LogP contribution is -2.38. The molecule has 0 aliphatic carbocycles. The summed E-state index contributed by atoms with van der Waals surface area (Å²) in [7, 11) is 0. The molecule has 2 heterocycles. The summed E-state index contributed by atoms with van der Waals surface area (Å²) in [5.74, 6) is -0.513. The van der Waals surface area contributed by atoms with Gasteiger partial charge in [0.2, 0.25) is 5.91 Å². The Balaban J connectivity index is 1.57. The van der Waals surface area contributed by atoms with E-state index in [4.69, 9.17) is 16.3 Å². The lowest BCUT2D eigenvalue weighted by atomic mass is 10.2. The molecule has 3 rings (SSSR count). The van der Waals surface area contributed by atoms with E-state index in [0.29, 0.717) is 22.9 Å². The lowest BCUT2D eigenvalue weighted by Gasteiger charge is -2.29. The molecule has 1 aromatic carbocycles. The van der Waals surface area contributed by atoms with Crippen LogP contribution in [0, 0.1) is 0 Å². The van der Waals surface area contributed by atoms with Crippen LogP contribution in [-0.4, -0.2) is 61.1 Å². The molecule has 0 atom stereocenters. The van der Waals surface area contributed by atoms with Crippen molar-refractivity contribution in [2.24, 2.45) is 0 Å². The Morgan fingerprint density at radius 1 is 1.18 bits per heavy atom. The van der Waals surface area contributed by atoms with Gasteiger partial charge in [0.1, 0.15) is 11.7 Å². The monoisotopic (exact) mass is 402 g/mol. The molecule has 1 aromatic heterocycles. The molecule has 28 heavy (non-hydrogen) atoms. The van der Waals surface area contributed by atoms with Crippen LogP contribution in [-0.2, 0) is 9.53 Å². The number of pyridine rings is 1. The van der Waals surface area contributed by atoms with Crippen LogP contribution >= 0.6 is 11.6 Å². The molecular formula is C20H23ClN4O3. The molecule has 0 spiro atoms. The van der Waals surface area contributed by atoms with Crippen molar-refractivity contribution in [1.82, 2.24) is 9.88 Å². The quantitative estimate of drug-likeness (QED) is 0.752. The summed E-state index contributed by atoms with van der Waals surface area (Å²) in [6.45, 7) is 5.36. The summed E-state index contributed by atoms with van der Waals surface area (Å²) < 4.78 is 5.36. The summed E-state index contributed by atoms with van der Waals surface area (Å²) in [5.41, 5.74) is 2.19. The van der Waals surface area contributed by atoms with Crippen LogP contribution in [0.1, 0.15) is 17.3 Å². The summed E-state index contributed by atoms with van der Waals surface area (Å²) in [4.78, 5) is 32.6. The minimum absolute atomic E-state index is 0.0385. The van der Waals surface area contributed by atoms with Crippen LogP contribution in [0.5, 0.6) is 0 Å². The number of anilines is 2. The van der Waals surface area contributed by atoms with Crippen LogP contribution in [0.25, 0.3) is 0 Å². The number of carbonyl (C=O) groups is 2. The number of halogens is 1. The zero-order valence-corrected chi connectivity index (χ0v) is 16.5. The summed E-state index contributed by atoms with van der Waals surface area (Å²) in [5, 5.41) is 3.16. The number of likely N-dealkylation sites (N-methyl/N-ethyl adjacent to an activating group) is 1. The van der Waals surface area contributed by atoms with E-state index in [1.54, 1.807) is 12.1 Å². The lowest BCUT2D eigenvalue weighted by molar-refractivity contribution is -0.116. The van der Waals surface area contributed by atoms with E-state index in [2.05, 4.69) is 15.2 Å². The van der Waals surface area contributed by atoms with Crippen molar-refractivity contribution in [2.45, 2.75) is 6.92 Å². The standard InChI is InChI=1S/C20H23ClN4O3/c1-2-24(20(27)15-3-8-18(21)22-13-15)14-19(26)23-16-4-6-17(7-5-16)25-9-11-28-12-10-25/h3-8,13H,2,9-12,14H2,1H3,(H,23,26). The van der Waals surface area contributed by atoms with Crippen LogP contribution in [0.15, 0.2) is 42.6 Å². The van der Waals surface area contributed by atoms with Crippen molar-refractivity contribution >= 4 is 34.8 Å². The molecule has 1 aliphatic heterocycles. The second-order valence-corrected chi connectivity index (χ2v) is 6.77. The molecule has 148 valence electrons. The first-order valence-corrected chi connectivity index (χ1v) is 9.58. The van der Waals surface area contributed by atoms with Gasteiger partial charge in [-0.1, -0.05) is 11.6 Å². The Hall–Kier alpha value is -2.64. The Kier molecular flexibility index (Phi) is 6.84. The third-order valence-corrected chi connectivity index (χ3v) is 4.73. The maximum absolute atomic E-state index is 12.5. The largest absolute Gasteiger partial charge is 0.378 e. The summed E-state index contributed by atoms with van der Waals surface area (Å²) in [6, 6.07) is 10.8. The number of ether oxygens (including phenoxy) is 1. The predicted octanol–water partition coefficient (Wildman–Crippen LogP) is 2.67. The number of aromatic nitrogens is 1. The minimum atomic E-state index is -0.260. The number of nitrogens with one attached hydrogen (secondary N) is 1. The van der Waals surface area contributed by atoms with Gasteiger partial charge >= 0.3 is 0 Å². The van der Waals surface area contributed by atoms with E-state index in [-0.39, 0.29) is 18.4 Å². The van der Waals surface area contributed by atoms with Crippen molar-refractivity contribution in [3.63, 3.8) is 0 Å².